The highest BCUT2D eigenvalue weighted by molar-refractivity contribution is 6.02. The molecule has 2 aromatic heterocycles. The molecule has 2 heterocycles. The Labute approximate surface area is 169 Å². The zero-order valence-electron chi connectivity index (χ0n) is 17.0. The first kappa shape index (κ1) is 18.8. The van der Waals surface area contributed by atoms with Gasteiger partial charge >= 0.3 is 0 Å². The van der Waals surface area contributed by atoms with Crippen molar-refractivity contribution >= 4 is 22.4 Å². The summed E-state index contributed by atoms with van der Waals surface area (Å²) >= 11 is 0. The maximum Gasteiger partial charge on any atom is 0.251 e. The molecule has 0 bridgehead atoms. The van der Waals surface area contributed by atoms with E-state index < -0.39 is 0 Å². The second-order valence-electron chi connectivity index (χ2n) is 7.26. The average Bonchev–Trinajstić information content (AvgIpc) is 2.96. The Bertz CT molecular complexity index is 1200. The van der Waals surface area contributed by atoms with Gasteiger partial charge in [0.15, 0.2) is 0 Å². The lowest BCUT2D eigenvalue weighted by molar-refractivity contribution is -0.115. The molecule has 0 aliphatic carbocycles. The number of hydrogen-bond donors (Lipinski definition) is 1. The van der Waals surface area contributed by atoms with E-state index in [0.717, 1.165) is 44.8 Å². The standard InChI is InChI=1S/C23H23N5O/c1-14-12-15(2)25-23(24-14)28-17(4)20(16(3)27-28)13-22(29)26-21-11-7-9-18-8-5-6-10-19(18)21/h5-12H,13H2,1-4H3,(H,26,29). The van der Waals surface area contributed by atoms with Crippen molar-refractivity contribution in [3.8, 4) is 5.95 Å². The van der Waals surface area contributed by atoms with Gasteiger partial charge in [-0.25, -0.2) is 14.6 Å². The summed E-state index contributed by atoms with van der Waals surface area (Å²) in [7, 11) is 0. The summed E-state index contributed by atoms with van der Waals surface area (Å²) in [5, 5.41) is 9.75. The Morgan fingerprint density at radius 1 is 0.966 bits per heavy atom. The van der Waals surface area contributed by atoms with Crippen LogP contribution >= 0.6 is 0 Å². The first-order valence-corrected chi connectivity index (χ1v) is 9.58. The Balaban J connectivity index is 1.61. The molecule has 0 aliphatic heterocycles. The highest BCUT2D eigenvalue weighted by Crippen LogP contribution is 2.24. The van der Waals surface area contributed by atoms with Crippen LogP contribution in [-0.2, 0) is 11.2 Å². The van der Waals surface area contributed by atoms with E-state index in [0.29, 0.717) is 5.95 Å². The van der Waals surface area contributed by atoms with E-state index in [2.05, 4.69) is 20.4 Å². The lowest BCUT2D eigenvalue weighted by atomic mass is 10.1. The number of anilines is 1. The Morgan fingerprint density at radius 3 is 2.41 bits per heavy atom. The number of nitrogens with one attached hydrogen (secondary N) is 1. The van der Waals surface area contributed by atoms with Crippen LogP contribution in [0.25, 0.3) is 16.7 Å². The van der Waals surface area contributed by atoms with E-state index >= 15 is 0 Å². The lowest BCUT2D eigenvalue weighted by Crippen LogP contribution is -2.15. The van der Waals surface area contributed by atoms with Crippen LogP contribution in [-0.4, -0.2) is 25.7 Å². The molecule has 0 radical (unpaired) electrons. The van der Waals surface area contributed by atoms with Crippen LogP contribution in [0, 0.1) is 27.7 Å². The highest BCUT2D eigenvalue weighted by Gasteiger charge is 2.18. The summed E-state index contributed by atoms with van der Waals surface area (Å²) in [4.78, 5) is 21.8. The lowest BCUT2D eigenvalue weighted by Gasteiger charge is -2.09. The normalized spacial score (nSPS) is 11.0. The van der Waals surface area contributed by atoms with Gasteiger partial charge in [0.25, 0.3) is 5.95 Å². The minimum Gasteiger partial charge on any atom is -0.325 e. The van der Waals surface area contributed by atoms with E-state index in [1.165, 1.54) is 0 Å². The molecule has 4 rings (SSSR count). The fourth-order valence-corrected chi connectivity index (χ4v) is 3.62. The summed E-state index contributed by atoms with van der Waals surface area (Å²) in [5.74, 6) is 0.456. The van der Waals surface area contributed by atoms with Gasteiger partial charge in [-0.1, -0.05) is 36.4 Å². The molecule has 146 valence electrons. The molecule has 4 aromatic rings. The molecular formula is C23H23N5O. The first-order valence-electron chi connectivity index (χ1n) is 9.58. The first-order chi connectivity index (χ1) is 13.9. The van der Waals surface area contributed by atoms with Crippen molar-refractivity contribution in [2.75, 3.05) is 5.32 Å². The number of hydrogen-bond acceptors (Lipinski definition) is 4. The fourth-order valence-electron chi connectivity index (χ4n) is 3.62. The predicted molar refractivity (Wildman–Crippen MR) is 114 cm³/mol. The van der Waals surface area contributed by atoms with Gasteiger partial charge in [0.1, 0.15) is 0 Å². The van der Waals surface area contributed by atoms with Crippen LogP contribution in [0.2, 0.25) is 0 Å². The molecular weight excluding hydrogens is 362 g/mol. The van der Waals surface area contributed by atoms with Gasteiger partial charge in [0, 0.05) is 33.7 Å². The monoisotopic (exact) mass is 385 g/mol. The van der Waals surface area contributed by atoms with Gasteiger partial charge in [-0.2, -0.15) is 5.10 Å². The number of rotatable bonds is 4. The summed E-state index contributed by atoms with van der Waals surface area (Å²) < 4.78 is 1.72. The van der Waals surface area contributed by atoms with Crippen molar-refractivity contribution in [3.63, 3.8) is 0 Å². The number of aryl methyl sites for hydroxylation is 3. The van der Waals surface area contributed by atoms with Gasteiger partial charge in [0.05, 0.1) is 12.1 Å². The summed E-state index contributed by atoms with van der Waals surface area (Å²) in [6.45, 7) is 7.72. The number of benzene rings is 2. The maximum absolute atomic E-state index is 12.8. The van der Waals surface area contributed by atoms with Gasteiger partial charge in [-0.15, -0.1) is 0 Å². The smallest absolute Gasteiger partial charge is 0.251 e. The van der Waals surface area contributed by atoms with Crippen LogP contribution in [0.3, 0.4) is 0 Å². The Hall–Kier alpha value is -3.54. The van der Waals surface area contributed by atoms with Crippen molar-refractivity contribution in [2.24, 2.45) is 0 Å². The molecule has 0 aliphatic rings. The largest absolute Gasteiger partial charge is 0.325 e. The molecule has 0 unspecified atom stereocenters. The summed E-state index contributed by atoms with van der Waals surface area (Å²) in [6.07, 6.45) is 0.242. The molecule has 1 amide bonds. The van der Waals surface area contributed by atoms with Gasteiger partial charge in [0.2, 0.25) is 5.91 Å². The third-order valence-electron chi connectivity index (χ3n) is 5.00. The second-order valence-corrected chi connectivity index (χ2v) is 7.26. The minimum atomic E-state index is -0.0755. The molecule has 0 atom stereocenters. The zero-order valence-corrected chi connectivity index (χ0v) is 17.0. The topological polar surface area (TPSA) is 72.7 Å². The third kappa shape index (κ3) is 3.74. The molecule has 29 heavy (non-hydrogen) atoms. The van der Waals surface area contributed by atoms with Crippen LogP contribution in [0.15, 0.2) is 48.5 Å². The van der Waals surface area contributed by atoms with Crippen LogP contribution in [0.5, 0.6) is 0 Å². The quantitative estimate of drug-likeness (QED) is 0.571. The SMILES string of the molecule is Cc1cc(C)nc(-n2nc(C)c(CC(=O)Nc3cccc4ccccc34)c2C)n1. The molecule has 0 fully saturated rings. The zero-order chi connectivity index (χ0) is 20.5. The summed E-state index contributed by atoms with van der Waals surface area (Å²) in [5.41, 5.74) is 5.16. The van der Waals surface area contributed by atoms with E-state index in [9.17, 15) is 4.79 Å². The molecule has 0 spiro atoms. The van der Waals surface area contributed by atoms with Gasteiger partial charge in [-0.05, 0) is 45.2 Å². The number of carbonyl (C=O) groups is 1. The highest BCUT2D eigenvalue weighted by atomic mass is 16.1. The molecule has 2 aromatic carbocycles. The number of amides is 1. The van der Waals surface area contributed by atoms with E-state index in [-0.39, 0.29) is 12.3 Å². The summed E-state index contributed by atoms with van der Waals surface area (Å²) in [6, 6.07) is 15.8. The minimum absolute atomic E-state index is 0.0755. The Kier molecular flexibility index (Phi) is 4.84. The molecule has 0 saturated carbocycles. The average molecular weight is 385 g/mol. The molecule has 6 nitrogen and oxygen atoms in total. The fraction of sp³-hybridized carbons (Fsp3) is 0.217. The van der Waals surface area contributed by atoms with Crippen molar-refractivity contribution < 1.29 is 4.79 Å². The van der Waals surface area contributed by atoms with Gasteiger partial charge in [-0.3, -0.25) is 4.79 Å². The van der Waals surface area contributed by atoms with Crippen molar-refractivity contribution in [3.05, 3.63) is 76.9 Å². The maximum atomic E-state index is 12.8. The molecule has 0 saturated heterocycles. The second kappa shape index (κ2) is 7.47. The van der Waals surface area contributed by atoms with Crippen molar-refractivity contribution in [1.82, 2.24) is 19.7 Å². The van der Waals surface area contributed by atoms with Crippen LogP contribution in [0.4, 0.5) is 5.69 Å². The number of nitrogens with zero attached hydrogens (tertiary/aromatic N) is 4. The number of carbonyl (C=O) groups excluding carboxylic acids is 1. The van der Waals surface area contributed by atoms with E-state index in [1.807, 2.05) is 76.2 Å². The molecule has 6 heteroatoms. The number of fused-ring (bicyclic) bond motifs is 1. The third-order valence-corrected chi connectivity index (χ3v) is 5.00. The van der Waals surface area contributed by atoms with Crippen molar-refractivity contribution in [1.29, 1.82) is 0 Å². The van der Waals surface area contributed by atoms with E-state index in [1.54, 1.807) is 4.68 Å². The van der Waals surface area contributed by atoms with Crippen molar-refractivity contribution in [2.45, 2.75) is 34.1 Å². The van der Waals surface area contributed by atoms with E-state index in [4.69, 9.17) is 0 Å². The Morgan fingerprint density at radius 2 is 1.66 bits per heavy atom. The van der Waals surface area contributed by atoms with Crippen LogP contribution in [0.1, 0.15) is 28.3 Å². The van der Waals surface area contributed by atoms with Crippen LogP contribution < -0.4 is 5.32 Å². The van der Waals surface area contributed by atoms with Gasteiger partial charge < -0.3 is 5.32 Å². The predicted octanol–water partition coefficient (Wildman–Crippen LogP) is 4.23. The number of aromatic nitrogens is 4. The molecule has 1 N–H and O–H groups in total.